The molecule has 0 aliphatic carbocycles. The van der Waals surface area contributed by atoms with Crippen molar-refractivity contribution in [2.45, 2.75) is 44.3 Å². The number of piperazine rings is 1. The maximum atomic E-state index is 14.1. The number of benzene rings is 3. The molecule has 0 unspecified atom stereocenters. The van der Waals surface area contributed by atoms with Crippen molar-refractivity contribution in [3.05, 3.63) is 101 Å². The van der Waals surface area contributed by atoms with Crippen LogP contribution in [0, 0.1) is 5.92 Å². The minimum Gasteiger partial charge on any atom is -0.497 e. The highest BCUT2D eigenvalue weighted by Gasteiger charge is 2.48. The van der Waals surface area contributed by atoms with Gasteiger partial charge in [-0.25, -0.2) is 0 Å². The minimum absolute atomic E-state index is 0.0161. The van der Waals surface area contributed by atoms with Gasteiger partial charge >= 0.3 is 0 Å². The molecule has 0 spiro atoms. The highest BCUT2D eigenvalue weighted by Crippen LogP contribution is 2.43. The molecule has 3 aliphatic rings. The molecule has 42 heavy (non-hydrogen) atoms. The van der Waals surface area contributed by atoms with Gasteiger partial charge in [0.2, 0.25) is 11.8 Å². The Morgan fingerprint density at radius 1 is 0.905 bits per heavy atom. The summed E-state index contributed by atoms with van der Waals surface area (Å²) in [6.07, 6.45) is 3.75. The molecule has 1 N–H and O–H groups in total. The summed E-state index contributed by atoms with van der Waals surface area (Å²) in [5.74, 6) is 1.44. The van der Waals surface area contributed by atoms with Crippen LogP contribution in [0.4, 0.5) is 0 Å². The van der Waals surface area contributed by atoms with Crippen LogP contribution in [0.5, 0.6) is 5.75 Å². The molecular weight excluding hydrogens is 524 g/mol. The minimum atomic E-state index is -0.502. The maximum Gasteiger partial charge on any atom is 0.246 e. The molecule has 7 nitrogen and oxygen atoms in total. The average molecular weight is 563 g/mol. The smallest absolute Gasteiger partial charge is 0.246 e. The van der Waals surface area contributed by atoms with Crippen LogP contribution >= 0.6 is 0 Å². The highest BCUT2D eigenvalue weighted by atomic mass is 16.5. The number of likely N-dealkylation sites (tertiary alicyclic amines) is 1. The van der Waals surface area contributed by atoms with E-state index in [0.29, 0.717) is 18.9 Å². The van der Waals surface area contributed by atoms with Gasteiger partial charge in [-0.05, 0) is 73.2 Å². The first-order valence-corrected chi connectivity index (χ1v) is 15.2. The van der Waals surface area contributed by atoms with E-state index in [2.05, 4.69) is 52.3 Å². The van der Waals surface area contributed by atoms with Crippen molar-refractivity contribution in [1.29, 1.82) is 0 Å². The molecule has 3 aromatic carbocycles. The quantitative estimate of drug-likeness (QED) is 0.338. The summed E-state index contributed by atoms with van der Waals surface area (Å²) in [7, 11) is 1.65. The number of para-hydroxylation sites is 1. The van der Waals surface area contributed by atoms with Gasteiger partial charge in [0.25, 0.3) is 0 Å². The number of fused-ring (bicyclic) bond motifs is 4. The summed E-state index contributed by atoms with van der Waals surface area (Å²) < 4.78 is 5.39. The molecule has 0 bridgehead atoms. The number of rotatable bonds is 7. The van der Waals surface area contributed by atoms with Crippen molar-refractivity contribution in [1.82, 2.24) is 19.7 Å². The second kappa shape index (κ2) is 11.3. The zero-order valence-corrected chi connectivity index (χ0v) is 24.2. The normalized spacial score (nSPS) is 21.5. The number of carbonyl (C=O) groups excluding carboxylic acids is 2. The number of H-pyrrole nitrogens is 1. The number of aromatic nitrogens is 1. The molecule has 0 radical (unpaired) electrons. The summed E-state index contributed by atoms with van der Waals surface area (Å²) >= 11 is 0. The van der Waals surface area contributed by atoms with Gasteiger partial charge in [0, 0.05) is 36.1 Å². The van der Waals surface area contributed by atoms with E-state index < -0.39 is 6.04 Å². The Labute approximate surface area is 247 Å². The van der Waals surface area contributed by atoms with Crippen LogP contribution in [0.15, 0.2) is 78.9 Å². The number of amides is 2. The number of hydrogen-bond donors (Lipinski definition) is 1. The lowest BCUT2D eigenvalue weighted by Crippen LogP contribution is -2.63. The first-order chi connectivity index (χ1) is 20.6. The van der Waals surface area contributed by atoms with Crippen molar-refractivity contribution in [2.24, 2.45) is 5.92 Å². The molecule has 2 amide bonds. The van der Waals surface area contributed by atoms with Crippen molar-refractivity contribution in [3.63, 3.8) is 0 Å². The van der Waals surface area contributed by atoms with Crippen LogP contribution in [-0.4, -0.2) is 70.8 Å². The molecule has 3 aliphatic heterocycles. The maximum absolute atomic E-state index is 14.1. The third kappa shape index (κ3) is 4.96. The zero-order valence-electron chi connectivity index (χ0n) is 24.2. The van der Waals surface area contributed by atoms with Gasteiger partial charge in [-0.2, -0.15) is 0 Å². The number of methoxy groups -OCH3 is 1. The van der Waals surface area contributed by atoms with Crippen LogP contribution in [0.3, 0.4) is 0 Å². The van der Waals surface area contributed by atoms with E-state index in [4.69, 9.17) is 4.74 Å². The molecule has 4 aromatic rings. The van der Waals surface area contributed by atoms with Gasteiger partial charge in [0.15, 0.2) is 0 Å². The lowest BCUT2D eigenvalue weighted by atomic mass is 9.86. The predicted octanol–water partition coefficient (Wildman–Crippen LogP) is 5.16. The Hall–Kier alpha value is -4.10. The SMILES string of the molecule is COc1ccc([C@@H]2c3[nH]c4ccccc4c3C[C@@H]3C(=O)N(CCC4CCN(Cc5ccccc5)CC4)CC(=O)N23)cc1. The Morgan fingerprint density at radius 2 is 1.64 bits per heavy atom. The van der Waals surface area contributed by atoms with Gasteiger partial charge in [-0.1, -0.05) is 60.7 Å². The molecular formula is C35H38N4O3. The van der Waals surface area contributed by atoms with E-state index in [1.54, 1.807) is 7.11 Å². The fourth-order valence-electron chi connectivity index (χ4n) is 7.26. The average Bonchev–Trinajstić information content (AvgIpc) is 3.41. The van der Waals surface area contributed by atoms with Crippen molar-refractivity contribution >= 4 is 22.7 Å². The molecule has 2 saturated heterocycles. The molecule has 2 atom stereocenters. The van der Waals surface area contributed by atoms with Crippen LogP contribution < -0.4 is 4.74 Å². The third-order valence-corrected chi connectivity index (χ3v) is 9.54. The number of nitrogens with one attached hydrogen (secondary N) is 1. The Balaban J connectivity index is 1.08. The number of nitrogens with zero attached hydrogens (tertiary/aromatic N) is 3. The number of hydrogen-bond acceptors (Lipinski definition) is 4. The Kier molecular flexibility index (Phi) is 7.20. The Bertz CT molecular complexity index is 1570. The predicted molar refractivity (Wildman–Crippen MR) is 163 cm³/mol. The lowest BCUT2D eigenvalue weighted by Gasteiger charge is -2.47. The summed E-state index contributed by atoms with van der Waals surface area (Å²) in [6, 6.07) is 25.9. The topological polar surface area (TPSA) is 68.9 Å². The van der Waals surface area contributed by atoms with Gasteiger partial charge in [-0.15, -0.1) is 0 Å². The van der Waals surface area contributed by atoms with Gasteiger partial charge in [-0.3, -0.25) is 14.5 Å². The van der Waals surface area contributed by atoms with Crippen LogP contribution in [-0.2, 0) is 22.6 Å². The van der Waals surface area contributed by atoms with Crippen LogP contribution in [0.2, 0.25) is 0 Å². The monoisotopic (exact) mass is 562 g/mol. The van der Waals surface area contributed by atoms with E-state index in [9.17, 15) is 9.59 Å². The first kappa shape index (κ1) is 26.8. The number of piperidine rings is 1. The number of aromatic amines is 1. The molecule has 1 aromatic heterocycles. The second-order valence-corrected chi connectivity index (χ2v) is 12.0. The van der Waals surface area contributed by atoms with E-state index >= 15 is 0 Å². The standard InChI is InChI=1S/C35H38N4O3/c1-42-27-13-11-26(12-14-27)34-33-29(28-9-5-6-10-30(28)36-33)21-31-35(41)38(23-32(40)39(31)34)20-17-24-15-18-37(19-16-24)22-25-7-3-2-4-8-25/h2-14,24,31,34,36H,15-23H2,1H3/t31-,34-/m1/s1. The van der Waals surface area contributed by atoms with Crippen molar-refractivity contribution in [2.75, 3.05) is 33.3 Å². The lowest BCUT2D eigenvalue weighted by molar-refractivity contribution is -0.158. The summed E-state index contributed by atoms with van der Waals surface area (Å²) in [4.78, 5) is 37.8. The summed E-state index contributed by atoms with van der Waals surface area (Å²) in [5.41, 5.74) is 5.52. The van der Waals surface area contributed by atoms with E-state index in [-0.39, 0.29) is 24.4 Å². The largest absolute Gasteiger partial charge is 0.497 e. The van der Waals surface area contributed by atoms with E-state index in [1.165, 1.54) is 5.56 Å². The summed E-state index contributed by atoms with van der Waals surface area (Å²) in [6.45, 7) is 3.94. The number of carbonyl (C=O) groups is 2. The van der Waals surface area contributed by atoms with Gasteiger partial charge in [0.1, 0.15) is 11.8 Å². The zero-order chi connectivity index (χ0) is 28.6. The molecule has 4 heterocycles. The van der Waals surface area contributed by atoms with E-state index in [1.807, 2.05) is 46.2 Å². The van der Waals surface area contributed by atoms with E-state index in [0.717, 1.165) is 72.4 Å². The molecule has 0 saturated carbocycles. The van der Waals surface area contributed by atoms with Gasteiger partial charge in [0.05, 0.1) is 19.7 Å². The third-order valence-electron chi connectivity index (χ3n) is 9.54. The molecule has 2 fully saturated rings. The first-order valence-electron chi connectivity index (χ1n) is 15.2. The van der Waals surface area contributed by atoms with Crippen molar-refractivity contribution < 1.29 is 14.3 Å². The summed E-state index contributed by atoms with van der Waals surface area (Å²) in [5, 5.41) is 1.13. The van der Waals surface area contributed by atoms with Crippen LogP contribution in [0.1, 0.15) is 47.7 Å². The molecule has 7 rings (SSSR count). The van der Waals surface area contributed by atoms with Gasteiger partial charge < -0.3 is 19.5 Å². The second-order valence-electron chi connectivity index (χ2n) is 12.0. The van der Waals surface area contributed by atoms with Crippen molar-refractivity contribution in [3.8, 4) is 5.75 Å². The Morgan fingerprint density at radius 3 is 2.40 bits per heavy atom. The fourth-order valence-corrected chi connectivity index (χ4v) is 7.26. The number of ether oxygens (including phenoxy) is 1. The fraction of sp³-hybridized carbons (Fsp3) is 0.371. The molecule has 216 valence electrons. The van der Waals surface area contributed by atoms with Crippen LogP contribution in [0.25, 0.3) is 10.9 Å². The highest BCUT2D eigenvalue weighted by molar-refractivity contribution is 5.97. The molecule has 7 heteroatoms.